The van der Waals surface area contributed by atoms with Crippen LogP contribution < -0.4 is 5.73 Å². The molecule has 2 N–H and O–H groups in total. The maximum absolute atomic E-state index is 14.8. The lowest BCUT2D eigenvalue weighted by Gasteiger charge is -2.33. The van der Waals surface area contributed by atoms with Gasteiger partial charge in [-0.3, -0.25) is 9.97 Å². The molecular formula is C21H16ClF3N4O. The number of fused-ring (bicyclic) bond motifs is 2. The molecule has 5 rings (SSSR count). The van der Waals surface area contributed by atoms with E-state index in [1.165, 1.54) is 18.3 Å². The Balaban J connectivity index is 1.59. The van der Waals surface area contributed by atoms with Crippen molar-refractivity contribution in [3.63, 3.8) is 0 Å². The minimum atomic E-state index is -2.93. The van der Waals surface area contributed by atoms with E-state index in [0.717, 1.165) is 5.39 Å². The summed E-state index contributed by atoms with van der Waals surface area (Å²) in [6.45, 7) is 0. The summed E-state index contributed by atoms with van der Waals surface area (Å²) in [5.74, 6) is -1.37. The minimum Gasteiger partial charge on any atom is -0.462 e. The van der Waals surface area contributed by atoms with Gasteiger partial charge in [0.15, 0.2) is 5.54 Å². The fourth-order valence-corrected chi connectivity index (χ4v) is 4.37. The second kappa shape index (κ2) is 6.84. The second-order valence-corrected chi connectivity index (χ2v) is 7.98. The predicted molar refractivity (Wildman–Crippen MR) is 106 cm³/mol. The highest BCUT2D eigenvalue weighted by Crippen LogP contribution is 2.56. The number of nitrogens with two attached hydrogens (primary N) is 1. The fourth-order valence-electron chi connectivity index (χ4n) is 4.20. The Kier molecular flexibility index (Phi) is 4.36. The molecule has 1 saturated carbocycles. The number of amidine groups is 1. The number of halogens is 4. The van der Waals surface area contributed by atoms with E-state index in [4.69, 9.17) is 22.1 Å². The predicted octanol–water partition coefficient (Wildman–Crippen LogP) is 4.21. The van der Waals surface area contributed by atoms with Crippen LogP contribution in [0.15, 0.2) is 47.7 Å². The van der Waals surface area contributed by atoms with Crippen molar-refractivity contribution in [1.29, 1.82) is 0 Å². The molecule has 1 fully saturated rings. The van der Waals surface area contributed by atoms with Gasteiger partial charge >= 0.3 is 0 Å². The molecule has 0 saturated heterocycles. The molecule has 154 valence electrons. The van der Waals surface area contributed by atoms with Gasteiger partial charge in [0.1, 0.15) is 11.9 Å². The second-order valence-electron chi connectivity index (χ2n) is 7.55. The topological polar surface area (TPSA) is 73.4 Å². The molecule has 1 aliphatic carbocycles. The number of hydrogen-bond acceptors (Lipinski definition) is 5. The lowest BCUT2D eigenvalue weighted by molar-refractivity contribution is 0.0176. The summed E-state index contributed by atoms with van der Waals surface area (Å²) in [6.07, 6.45) is 0.381. The van der Waals surface area contributed by atoms with E-state index in [1.54, 1.807) is 24.4 Å². The molecule has 5 nitrogen and oxygen atoms in total. The number of benzene rings is 1. The van der Waals surface area contributed by atoms with E-state index in [-0.39, 0.29) is 18.0 Å². The van der Waals surface area contributed by atoms with Crippen molar-refractivity contribution in [2.75, 3.05) is 0 Å². The molecule has 0 spiro atoms. The number of pyridine rings is 2. The van der Waals surface area contributed by atoms with Gasteiger partial charge in [-0.2, -0.15) is 0 Å². The molecule has 2 aromatic heterocycles. The molecular weight excluding hydrogens is 417 g/mol. The van der Waals surface area contributed by atoms with E-state index < -0.39 is 29.8 Å². The number of aliphatic imine (C=N–C) groups is 1. The maximum Gasteiger partial charge on any atom is 0.283 e. The average molecular weight is 433 g/mol. The van der Waals surface area contributed by atoms with E-state index >= 15 is 0 Å². The first-order valence-electron chi connectivity index (χ1n) is 9.36. The van der Waals surface area contributed by atoms with Gasteiger partial charge in [0.05, 0.1) is 16.2 Å². The van der Waals surface area contributed by atoms with Crippen molar-refractivity contribution in [2.24, 2.45) is 16.6 Å². The Bertz CT molecular complexity index is 1190. The van der Waals surface area contributed by atoms with Crippen LogP contribution >= 0.6 is 11.6 Å². The number of alkyl halides is 2. The quantitative estimate of drug-likeness (QED) is 0.670. The van der Waals surface area contributed by atoms with Gasteiger partial charge in [0.2, 0.25) is 0 Å². The summed E-state index contributed by atoms with van der Waals surface area (Å²) in [6, 6.07) is 7.37. The summed E-state index contributed by atoms with van der Waals surface area (Å²) in [7, 11) is 0. The van der Waals surface area contributed by atoms with Crippen LogP contribution in [-0.2, 0) is 16.7 Å². The van der Waals surface area contributed by atoms with Crippen molar-refractivity contribution >= 4 is 28.5 Å². The highest BCUT2D eigenvalue weighted by atomic mass is 35.5. The van der Waals surface area contributed by atoms with E-state index in [1.807, 2.05) is 0 Å². The van der Waals surface area contributed by atoms with Crippen molar-refractivity contribution in [2.45, 2.75) is 30.9 Å². The lowest BCUT2D eigenvalue weighted by Crippen LogP contribution is -2.43. The molecule has 30 heavy (non-hydrogen) atoms. The molecule has 0 amide bonds. The van der Waals surface area contributed by atoms with Crippen molar-refractivity contribution in [1.82, 2.24) is 9.97 Å². The van der Waals surface area contributed by atoms with E-state index in [9.17, 15) is 13.2 Å². The molecule has 1 aromatic carbocycles. The SMILES string of the molecule is NC1=N[C@@](c2cc(Cc3nccc4cc(Cl)cnc34)ccc2F)(C(F)F)[C@H]2C[C@H]2O1. The highest BCUT2D eigenvalue weighted by Gasteiger charge is 2.64. The van der Waals surface area contributed by atoms with Gasteiger partial charge < -0.3 is 10.5 Å². The van der Waals surface area contributed by atoms with Gasteiger partial charge in [-0.1, -0.05) is 17.7 Å². The first kappa shape index (κ1) is 19.1. The zero-order valence-electron chi connectivity index (χ0n) is 15.5. The van der Waals surface area contributed by atoms with Crippen LogP contribution in [0.2, 0.25) is 5.02 Å². The molecule has 0 bridgehead atoms. The van der Waals surface area contributed by atoms with Crippen molar-refractivity contribution in [3.8, 4) is 0 Å². The first-order chi connectivity index (χ1) is 14.4. The number of hydrogen-bond donors (Lipinski definition) is 1. The van der Waals surface area contributed by atoms with Crippen LogP contribution in [0.25, 0.3) is 10.9 Å². The van der Waals surface area contributed by atoms with Crippen molar-refractivity contribution < 1.29 is 17.9 Å². The smallest absolute Gasteiger partial charge is 0.283 e. The summed E-state index contributed by atoms with van der Waals surface area (Å²) in [5.41, 5.74) is 5.29. The standard InChI is InChI=1S/C21H16ClF3N4O/c22-12-7-11-3-4-27-16(18(11)28-9-12)6-10-1-2-15(23)13(5-10)21(19(24)25)14-8-17(14)30-20(26)29-21/h1-5,7,9,14,17,19H,6,8H2,(H2,26,29)/t14-,17+,21+/m0/s1. The summed E-state index contributed by atoms with van der Waals surface area (Å²) < 4.78 is 48.6. The fraction of sp³-hybridized carbons (Fsp3) is 0.286. The summed E-state index contributed by atoms with van der Waals surface area (Å²) in [4.78, 5) is 12.6. The van der Waals surface area contributed by atoms with Gasteiger partial charge in [-0.25, -0.2) is 18.2 Å². The van der Waals surface area contributed by atoms with Crippen LogP contribution in [-0.4, -0.2) is 28.5 Å². The molecule has 0 radical (unpaired) electrons. The first-order valence-corrected chi connectivity index (χ1v) is 9.74. The van der Waals surface area contributed by atoms with Gasteiger partial charge in [0, 0.05) is 35.7 Å². The Hall–Kier alpha value is -2.87. The minimum absolute atomic E-state index is 0.176. The number of ether oxygens (including phenoxy) is 1. The van der Waals surface area contributed by atoms with Crippen LogP contribution in [0.1, 0.15) is 23.2 Å². The van der Waals surface area contributed by atoms with Gasteiger partial charge in [-0.05, 0) is 36.2 Å². The monoisotopic (exact) mass is 432 g/mol. The molecule has 3 aromatic rings. The zero-order chi connectivity index (χ0) is 21.0. The molecule has 0 unspecified atom stereocenters. The normalized spacial score (nSPS) is 25.0. The van der Waals surface area contributed by atoms with Crippen LogP contribution in [0.5, 0.6) is 0 Å². The van der Waals surface area contributed by atoms with E-state index in [2.05, 4.69) is 15.0 Å². The number of nitrogens with zero attached hydrogens (tertiary/aromatic N) is 3. The van der Waals surface area contributed by atoms with Crippen LogP contribution in [0, 0.1) is 11.7 Å². The third-order valence-corrected chi connectivity index (χ3v) is 5.88. The number of rotatable bonds is 4. The lowest BCUT2D eigenvalue weighted by atomic mass is 9.83. The number of aromatic nitrogens is 2. The van der Waals surface area contributed by atoms with Crippen molar-refractivity contribution in [3.05, 3.63) is 70.4 Å². The molecule has 3 heterocycles. The third-order valence-electron chi connectivity index (χ3n) is 5.67. The summed E-state index contributed by atoms with van der Waals surface area (Å²) >= 11 is 6.00. The third kappa shape index (κ3) is 2.98. The highest BCUT2D eigenvalue weighted by molar-refractivity contribution is 6.31. The summed E-state index contributed by atoms with van der Waals surface area (Å²) in [5, 5.41) is 1.30. The van der Waals surface area contributed by atoms with Crippen LogP contribution in [0.3, 0.4) is 0 Å². The Labute approximate surface area is 174 Å². The Morgan fingerprint density at radius 2 is 2.07 bits per heavy atom. The molecule has 2 aliphatic rings. The Morgan fingerprint density at radius 1 is 1.23 bits per heavy atom. The van der Waals surface area contributed by atoms with E-state index in [0.29, 0.717) is 28.2 Å². The average Bonchev–Trinajstić information content (AvgIpc) is 3.48. The largest absolute Gasteiger partial charge is 0.462 e. The zero-order valence-corrected chi connectivity index (χ0v) is 16.3. The Morgan fingerprint density at radius 3 is 2.87 bits per heavy atom. The molecule has 3 atom stereocenters. The maximum atomic E-state index is 14.8. The van der Waals surface area contributed by atoms with Gasteiger partial charge in [-0.15, -0.1) is 0 Å². The van der Waals surface area contributed by atoms with Crippen LogP contribution in [0.4, 0.5) is 13.2 Å². The van der Waals surface area contributed by atoms with Gasteiger partial charge in [0.25, 0.3) is 12.4 Å². The molecule has 1 aliphatic heterocycles. The molecule has 9 heteroatoms.